The van der Waals surface area contributed by atoms with Crippen molar-refractivity contribution in [1.82, 2.24) is 20.1 Å². The normalized spacial score (nSPS) is 17.8. The van der Waals surface area contributed by atoms with E-state index in [-0.39, 0.29) is 18.4 Å². The lowest BCUT2D eigenvalue weighted by Crippen LogP contribution is -2.38. The number of β-amino-alcohol motifs (C(OH)–C–C–N with tert-alkyl or cyclic N) is 1. The molecule has 32 heavy (non-hydrogen) atoms. The van der Waals surface area contributed by atoms with Gasteiger partial charge in [0, 0.05) is 63.6 Å². The number of carbonyl (C=O) groups excluding carboxylic acids is 2. The second-order valence-corrected chi connectivity index (χ2v) is 8.99. The summed E-state index contributed by atoms with van der Waals surface area (Å²) in [6, 6.07) is 11.9. The van der Waals surface area contributed by atoms with Crippen molar-refractivity contribution in [2.45, 2.75) is 45.4 Å². The highest BCUT2D eigenvalue weighted by atomic mass is 16.3. The zero-order chi connectivity index (χ0) is 22.5. The summed E-state index contributed by atoms with van der Waals surface area (Å²) in [5, 5.41) is 13.3. The molecule has 2 amide bonds. The van der Waals surface area contributed by atoms with Gasteiger partial charge in [-0.1, -0.05) is 24.3 Å². The van der Waals surface area contributed by atoms with E-state index < -0.39 is 6.10 Å². The lowest BCUT2D eigenvalue weighted by atomic mass is 9.91. The average Bonchev–Trinajstić information content (AvgIpc) is 3.20. The smallest absolute Gasteiger partial charge is 0.251 e. The SMILES string of the molecule is CC(=O)N1CCC(Cc2cc(C(=O)NC[C@H](O)CN3Cc4ccccc4C3)ccn2)CC1. The van der Waals surface area contributed by atoms with E-state index in [2.05, 4.69) is 27.3 Å². The van der Waals surface area contributed by atoms with Gasteiger partial charge in [0.15, 0.2) is 0 Å². The zero-order valence-corrected chi connectivity index (χ0v) is 18.7. The Morgan fingerprint density at radius 3 is 2.50 bits per heavy atom. The molecule has 170 valence electrons. The lowest BCUT2D eigenvalue weighted by molar-refractivity contribution is -0.130. The van der Waals surface area contributed by atoms with Gasteiger partial charge in [0.1, 0.15) is 0 Å². The maximum absolute atomic E-state index is 12.6. The summed E-state index contributed by atoms with van der Waals surface area (Å²) in [7, 11) is 0. The molecule has 2 aliphatic heterocycles. The fraction of sp³-hybridized carbons (Fsp3) is 0.480. The first-order chi connectivity index (χ1) is 15.5. The number of hydrogen-bond donors (Lipinski definition) is 2. The summed E-state index contributed by atoms with van der Waals surface area (Å²) in [5.74, 6) is 0.420. The van der Waals surface area contributed by atoms with E-state index in [9.17, 15) is 14.7 Å². The predicted molar refractivity (Wildman–Crippen MR) is 122 cm³/mol. The molecule has 1 aromatic heterocycles. The number of hydrogen-bond acceptors (Lipinski definition) is 5. The number of aliphatic hydroxyl groups is 1. The molecule has 0 saturated carbocycles. The van der Waals surface area contributed by atoms with E-state index >= 15 is 0 Å². The molecule has 2 N–H and O–H groups in total. The monoisotopic (exact) mass is 436 g/mol. The molecule has 1 saturated heterocycles. The van der Waals surface area contributed by atoms with Crippen molar-refractivity contribution in [3.8, 4) is 0 Å². The van der Waals surface area contributed by atoms with Crippen molar-refractivity contribution in [3.63, 3.8) is 0 Å². The maximum atomic E-state index is 12.6. The van der Waals surface area contributed by atoms with Crippen LogP contribution in [0.3, 0.4) is 0 Å². The van der Waals surface area contributed by atoms with Crippen molar-refractivity contribution in [2.24, 2.45) is 5.92 Å². The number of pyridine rings is 1. The Hall–Kier alpha value is -2.77. The minimum absolute atomic E-state index is 0.136. The largest absolute Gasteiger partial charge is 0.390 e. The summed E-state index contributed by atoms with van der Waals surface area (Å²) in [6.07, 6.45) is 3.79. The highest BCUT2D eigenvalue weighted by Crippen LogP contribution is 2.23. The standard InChI is InChI=1S/C25H32N4O3/c1-18(30)29-10-7-19(8-11-29)12-23-13-20(6-9-26-23)25(32)27-14-24(31)17-28-15-21-4-2-3-5-22(21)16-28/h2-6,9,13,19,24,31H,7-8,10-12,14-17H2,1H3,(H,27,32)/t24-/m0/s1. The van der Waals surface area contributed by atoms with Gasteiger partial charge in [-0.05, 0) is 48.4 Å². The molecule has 1 aromatic carbocycles. The minimum atomic E-state index is -0.624. The summed E-state index contributed by atoms with van der Waals surface area (Å²) >= 11 is 0. The quantitative estimate of drug-likeness (QED) is 0.693. The number of likely N-dealkylation sites (tertiary alicyclic amines) is 1. The second kappa shape index (κ2) is 10.2. The molecule has 0 unspecified atom stereocenters. The third-order valence-electron chi connectivity index (χ3n) is 6.51. The molecular weight excluding hydrogens is 404 g/mol. The van der Waals surface area contributed by atoms with Crippen LogP contribution in [0.4, 0.5) is 0 Å². The zero-order valence-electron chi connectivity index (χ0n) is 18.7. The Labute approximate surface area is 189 Å². The van der Waals surface area contributed by atoms with Crippen LogP contribution in [-0.4, -0.2) is 64.0 Å². The summed E-state index contributed by atoms with van der Waals surface area (Å²) in [4.78, 5) is 32.6. The molecule has 0 aliphatic carbocycles. The number of carbonyl (C=O) groups is 2. The second-order valence-electron chi connectivity index (χ2n) is 8.99. The number of benzene rings is 1. The van der Waals surface area contributed by atoms with Gasteiger partial charge in [-0.25, -0.2) is 0 Å². The van der Waals surface area contributed by atoms with Crippen LogP contribution in [0.25, 0.3) is 0 Å². The molecule has 1 atom stereocenters. The third kappa shape index (κ3) is 5.72. The highest BCUT2D eigenvalue weighted by molar-refractivity contribution is 5.94. The van der Waals surface area contributed by atoms with E-state index in [0.29, 0.717) is 18.0 Å². The van der Waals surface area contributed by atoms with Crippen LogP contribution in [0.2, 0.25) is 0 Å². The predicted octanol–water partition coefficient (Wildman–Crippen LogP) is 1.99. The number of amides is 2. The molecule has 7 heteroatoms. The van der Waals surface area contributed by atoms with Crippen LogP contribution in [-0.2, 0) is 24.3 Å². The van der Waals surface area contributed by atoms with Gasteiger partial charge >= 0.3 is 0 Å². The molecule has 4 rings (SSSR count). The van der Waals surface area contributed by atoms with Crippen LogP contribution in [0.1, 0.15) is 46.9 Å². The van der Waals surface area contributed by atoms with Crippen molar-refractivity contribution < 1.29 is 14.7 Å². The van der Waals surface area contributed by atoms with Crippen LogP contribution >= 0.6 is 0 Å². The molecule has 0 spiro atoms. The van der Waals surface area contributed by atoms with E-state index in [0.717, 1.165) is 51.1 Å². The molecule has 3 heterocycles. The Morgan fingerprint density at radius 2 is 1.84 bits per heavy atom. The van der Waals surface area contributed by atoms with Gasteiger partial charge in [0.25, 0.3) is 5.91 Å². The Kier molecular flexibility index (Phi) is 7.17. The molecular formula is C25H32N4O3. The topological polar surface area (TPSA) is 85.8 Å². The fourth-order valence-electron chi connectivity index (χ4n) is 4.69. The van der Waals surface area contributed by atoms with Gasteiger partial charge < -0.3 is 15.3 Å². The minimum Gasteiger partial charge on any atom is -0.390 e. The highest BCUT2D eigenvalue weighted by Gasteiger charge is 2.23. The Bertz CT molecular complexity index is 931. The number of nitrogens with zero attached hydrogens (tertiary/aromatic N) is 3. The number of piperidine rings is 1. The van der Waals surface area contributed by atoms with E-state index in [1.807, 2.05) is 23.1 Å². The first kappa shape index (κ1) is 22.4. The first-order valence-electron chi connectivity index (χ1n) is 11.4. The first-order valence-corrected chi connectivity index (χ1v) is 11.4. The van der Waals surface area contributed by atoms with Gasteiger partial charge in [-0.3, -0.25) is 19.5 Å². The number of nitrogens with one attached hydrogen (secondary N) is 1. The van der Waals surface area contributed by atoms with Gasteiger partial charge in [0.2, 0.25) is 5.91 Å². The van der Waals surface area contributed by atoms with E-state index in [1.54, 1.807) is 19.2 Å². The van der Waals surface area contributed by atoms with Crippen LogP contribution in [0.5, 0.6) is 0 Å². The van der Waals surface area contributed by atoms with E-state index in [4.69, 9.17) is 0 Å². The number of aromatic nitrogens is 1. The van der Waals surface area contributed by atoms with Gasteiger partial charge in [-0.2, -0.15) is 0 Å². The van der Waals surface area contributed by atoms with Crippen LogP contribution in [0, 0.1) is 5.92 Å². The summed E-state index contributed by atoms with van der Waals surface area (Å²) < 4.78 is 0. The molecule has 2 aromatic rings. The fourth-order valence-corrected chi connectivity index (χ4v) is 4.69. The molecule has 0 radical (unpaired) electrons. The van der Waals surface area contributed by atoms with Gasteiger partial charge in [0.05, 0.1) is 6.10 Å². The molecule has 7 nitrogen and oxygen atoms in total. The Balaban J connectivity index is 1.23. The lowest BCUT2D eigenvalue weighted by Gasteiger charge is -2.31. The Morgan fingerprint density at radius 1 is 1.16 bits per heavy atom. The summed E-state index contributed by atoms with van der Waals surface area (Å²) in [6.45, 7) is 5.61. The number of fused-ring (bicyclic) bond motifs is 1. The van der Waals surface area contributed by atoms with Crippen molar-refractivity contribution in [1.29, 1.82) is 0 Å². The van der Waals surface area contributed by atoms with Crippen LogP contribution in [0.15, 0.2) is 42.6 Å². The van der Waals surface area contributed by atoms with Crippen molar-refractivity contribution in [3.05, 3.63) is 65.0 Å². The number of aliphatic hydroxyl groups excluding tert-OH is 1. The third-order valence-corrected chi connectivity index (χ3v) is 6.51. The molecule has 2 aliphatic rings. The average molecular weight is 437 g/mol. The maximum Gasteiger partial charge on any atom is 0.251 e. The van der Waals surface area contributed by atoms with E-state index in [1.165, 1.54) is 11.1 Å². The molecule has 0 bridgehead atoms. The van der Waals surface area contributed by atoms with Crippen LogP contribution < -0.4 is 5.32 Å². The van der Waals surface area contributed by atoms with Crippen molar-refractivity contribution >= 4 is 11.8 Å². The number of rotatable bonds is 7. The summed E-state index contributed by atoms with van der Waals surface area (Å²) in [5.41, 5.74) is 4.08. The molecule has 1 fully saturated rings. The van der Waals surface area contributed by atoms with Gasteiger partial charge in [-0.15, -0.1) is 0 Å². The van der Waals surface area contributed by atoms with Crippen molar-refractivity contribution in [2.75, 3.05) is 26.2 Å².